The van der Waals surface area contributed by atoms with Crippen molar-refractivity contribution in [3.63, 3.8) is 0 Å². The van der Waals surface area contributed by atoms with Gasteiger partial charge in [0.2, 0.25) is 5.95 Å². The number of carbonyl (C=O) groups excluding carboxylic acids is 1. The second kappa shape index (κ2) is 13.4. The normalized spacial score (nSPS) is 10.2. The van der Waals surface area contributed by atoms with E-state index >= 15 is 0 Å². The lowest BCUT2D eigenvalue weighted by Gasteiger charge is -2.13. The zero-order valence-electron chi connectivity index (χ0n) is 17.5. The molecule has 0 saturated heterocycles. The van der Waals surface area contributed by atoms with E-state index in [0.29, 0.717) is 36.4 Å². The summed E-state index contributed by atoms with van der Waals surface area (Å²) in [6, 6.07) is 7.53. The number of nitrogens with one attached hydrogen (secondary N) is 4. The summed E-state index contributed by atoms with van der Waals surface area (Å²) in [7, 11) is 0. The molecule has 0 bridgehead atoms. The van der Waals surface area contributed by atoms with Crippen molar-refractivity contribution in [2.45, 2.75) is 19.8 Å². The van der Waals surface area contributed by atoms with Crippen molar-refractivity contribution in [3.8, 4) is 0 Å². The van der Waals surface area contributed by atoms with Crippen LogP contribution < -0.4 is 21.3 Å². The molecule has 0 aliphatic carbocycles. The van der Waals surface area contributed by atoms with Gasteiger partial charge >= 0.3 is 11.9 Å². The molecule has 0 unspecified atom stereocenters. The molecule has 1 aromatic carbocycles. The number of aromatic nitrogens is 2. The van der Waals surface area contributed by atoms with Crippen LogP contribution in [0, 0.1) is 0 Å². The molecular weight excluding hydrogens is 500 g/mol. The number of anilines is 3. The summed E-state index contributed by atoms with van der Waals surface area (Å²) in [6.45, 7) is 3.29. The Morgan fingerprint density at radius 3 is 2.56 bits per heavy atom. The van der Waals surface area contributed by atoms with Crippen LogP contribution in [0.15, 0.2) is 34.9 Å². The number of aliphatic carboxylic acids is 1. The van der Waals surface area contributed by atoms with E-state index in [1.165, 1.54) is 6.20 Å². The van der Waals surface area contributed by atoms with Gasteiger partial charge in [0.25, 0.3) is 0 Å². The molecule has 5 N–H and O–H groups in total. The quantitative estimate of drug-likeness (QED) is 0.159. The summed E-state index contributed by atoms with van der Waals surface area (Å²) < 4.78 is 6.04. The minimum Gasteiger partial charge on any atom is -0.481 e. The lowest BCUT2D eigenvalue weighted by Crippen LogP contribution is -2.37. The highest BCUT2D eigenvalue weighted by molar-refractivity contribution is 9.10. The maximum atomic E-state index is 12.3. The Morgan fingerprint density at radius 1 is 1.16 bits per heavy atom. The van der Waals surface area contributed by atoms with Crippen LogP contribution in [-0.4, -0.2) is 58.4 Å². The van der Waals surface area contributed by atoms with Crippen molar-refractivity contribution < 1.29 is 19.4 Å². The highest BCUT2D eigenvalue weighted by Gasteiger charge is 2.16. The number of hydrogen-bond donors (Lipinski definition) is 5. The maximum Gasteiger partial charge on any atom is 0.343 e. The molecule has 0 atom stereocenters. The topological polar surface area (TPSA) is 138 Å². The third-order valence-corrected chi connectivity index (χ3v) is 4.76. The van der Waals surface area contributed by atoms with E-state index in [0.717, 1.165) is 10.2 Å². The SMILES string of the molecule is CCOC(=O)c1cnc(Nc2ccc(Br)cc2)nc1NCCCNC(=S)NCCC(=O)O. The molecule has 10 nitrogen and oxygen atoms in total. The zero-order chi connectivity index (χ0) is 23.3. The van der Waals surface area contributed by atoms with E-state index in [1.807, 2.05) is 24.3 Å². The first-order chi connectivity index (χ1) is 15.4. The molecule has 2 rings (SSSR count). The van der Waals surface area contributed by atoms with Gasteiger partial charge in [-0.05, 0) is 49.8 Å². The Balaban J connectivity index is 1.93. The molecule has 0 radical (unpaired) electrons. The highest BCUT2D eigenvalue weighted by atomic mass is 79.9. The predicted molar refractivity (Wildman–Crippen MR) is 129 cm³/mol. The fraction of sp³-hybridized carbons (Fsp3) is 0.350. The first-order valence-corrected chi connectivity index (χ1v) is 11.1. The van der Waals surface area contributed by atoms with Gasteiger partial charge in [-0.1, -0.05) is 15.9 Å². The Labute approximate surface area is 199 Å². The molecule has 0 spiro atoms. The van der Waals surface area contributed by atoms with Crippen molar-refractivity contribution in [1.29, 1.82) is 0 Å². The summed E-state index contributed by atoms with van der Waals surface area (Å²) >= 11 is 8.48. The van der Waals surface area contributed by atoms with Gasteiger partial charge in [0, 0.05) is 36.0 Å². The van der Waals surface area contributed by atoms with Gasteiger partial charge in [-0.3, -0.25) is 4.79 Å². The van der Waals surface area contributed by atoms with Crippen LogP contribution in [0.1, 0.15) is 30.1 Å². The molecule has 0 amide bonds. The average Bonchev–Trinajstić information content (AvgIpc) is 2.75. The number of esters is 1. The average molecular weight is 525 g/mol. The molecule has 12 heteroatoms. The van der Waals surface area contributed by atoms with Gasteiger partial charge in [0.15, 0.2) is 5.11 Å². The number of thiocarbonyl (C=S) groups is 1. The highest BCUT2D eigenvalue weighted by Crippen LogP contribution is 2.20. The summed E-state index contributed by atoms with van der Waals surface area (Å²) in [4.78, 5) is 31.4. The van der Waals surface area contributed by atoms with Crippen LogP contribution in [0.5, 0.6) is 0 Å². The molecule has 0 saturated carbocycles. The third kappa shape index (κ3) is 9.02. The summed E-state index contributed by atoms with van der Waals surface area (Å²) in [6.07, 6.45) is 2.08. The lowest BCUT2D eigenvalue weighted by atomic mass is 10.3. The number of rotatable bonds is 12. The van der Waals surface area contributed by atoms with Gasteiger partial charge in [-0.2, -0.15) is 4.98 Å². The number of ether oxygens (including phenoxy) is 1. The van der Waals surface area contributed by atoms with E-state index in [9.17, 15) is 9.59 Å². The van der Waals surface area contributed by atoms with Crippen molar-refractivity contribution >= 4 is 62.7 Å². The number of hydrogen-bond acceptors (Lipinski definition) is 8. The molecule has 0 fully saturated rings. The van der Waals surface area contributed by atoms with Crippen LogP contribution in [0.25, 0.3) is 0 Å². The molecule has 0 aliphatic heterocycles. The van der Waals surface area contributed by atoms with Crippen molar-refractivity contribution in [2.75, 3.05) is 36.9 Å². The predicted octanol–water partition coefficient (Wildman–Crippen LogP) is 2.90. The fourth-order valence-corrected chi connectivity index (χ4v) is 2.91. The number of carboxylic acid groups (broad SMARTS) is 1. The first kappa shape index (κ1) is 25.3. The Morgan fingerprint density at radius 2 is 1.88 bits per heavy atom. The van der Waals surface area contributed by atoms with Crippen LogP contribution >= 0.6 is 28.1 Å². The monoisotopic (exact) mass is 524 g/mol. The minimum absolute atomic E-state index is 0.00958. The van der Waals surface area contributed by atoms with Gasteiger partial charge in [0.1, 0.15) is 11.4 Å². The maximum absolute atomic E-state index is 12.3. The van der Waals surface area contributed by atoms with E-state index in [4.69, 9.17) is 22.1 Å². The van der Waals surface area contributed by atoms with E-state index in [-0.39, 0.29) is 25.1 Å². The summed E-state index contributed by atoms with van der Waals surface area (Å²) in [5.74, 6) is -0.696. The third-order valence-electron chi connectivity index (χ3n) is 3.94. The van der Waals surface area contributed by atoms with Crippen molar-refractivity contribution in [2.24, 2.45) is 0 Å². The van der Waals surface area contributed by atoms with E-state index in [1.54, 1.807) is 6.92 Å². The van der Waals surface area contributed by atoms with Gasteiger partial charge in [-0.15, -0.1) is 0 Å². The standard InChI is InChI=1S/C20H25BrN6O4S/c1-2-31-18(30)15-12-25-19(26-14-6-4-13(21)5-7-14)27-17(15)22-9-3-10-23-20(32)24-11-8-16(28)29/h4-7,12H,2-3,8-11H2,1H3,(H,28,29)(H2,23,24,32)(H2,22,25,26,27). The molecule has 0 aliphatic rings. The van der Waals surface area contributed by atoms with Crippen LogP contribution in [0.4, 0.5) is 17.5 Å². The van der Waals surface area contributed by atoms with Crippen LogP contribution in [0.3, 0.4) is 0 Å². The molecule has 172 valence electrons. The summed E-state index contributed by atoms with van der Waals surface area (Å²) in [5, 5.41) is 21.1. The first-order valence-electron chi connectivity index (χ1n) is 9.93. The van der Waals surface area contributed by atoms with E-state index in [2.05, 4.69) is 47.2 Å². The van der Waals surface area contributed by atoms with Crippen LogP contribution in [0.2, 0.25) is 0 Å². The molecular formula is C20H25BrN6O4S. The number of carbonyl (C=O) groups is 2. The minimum atomic E-state index is -0.888. The Hall–Kier alpha value is -2.99. The number of nitrogens with zero attached hydrogens (tertiary/aromatic N) is 2. The fourth-order valence-electron chi connectivity index (χ4n) is 2.44. The molecule has 32 heavy (non-hydrogen) atoms. The lowest BCUT2D eigenvalue weighted by molar-refractivity contribution is -0.136. The number of benzene rings is 1. The van der Waals surface area contributed by atoms with Gasteiger partial charge < -0.3 is 31.1 Å². The molecule has 2 aromatic rings. The number of carboxylic acids is 1. The smallest absolute Gasteiger partial charge is 0.343 e. The zero-order valence-corrected chi connectivity index (χ0v) is 19.9. The molecule has 1 aromatic heterocycles. The largest absolute Gasteiger partial charge is 0.481 e. The van der Waals surface area contributed by atoms with Gasteiger partial charge in [0.05, 0.1) is 13.0 Å². The Bertz CT molecular complexity index is 929. The second-order valence-electron chi connectivity index (χ2n) is 6.42. The second-order valence-corrected chi connectivity index (χ2v) is 7.74. The summed E-state index contributed by atoms with van der Waals surface area (Å²) in [5.41, 5.74) is 1.04. The van der Waals surface area contributed by atoms with Gasteiger partial charge in [-0.25, -0.2) is 9.78 Å². The molecule has 1 heterocycles. The Kier molecular flexibility index (Phi) is 10.6. The van der Waals surface area contributed by atoms with E-state index < -0.39 is 11.9 Å². The van der Waals surface area contributed by atoms with Crippen molar-refractivity contribution in [3.05, 3.63) is 40.5 Å². The van der Waals surface area contributed by atoms with Crippen LogP contribution in [-0.2, 0) is 9.53 Å². The number of halogens is 1. The van der Waals surface area contributed by atoms with Crippen molar-refractivity contribution in [1.82, 2.24) is 20.6 Å².